The summed E-state index contributed by atoms with van der Waals surface area (Å²) in [5.41, 5.74) is 2.27. The molecule has 1 aromatic heterocycles. The Morgan fingerprint density at radius 2 is 2.18 bits per heavy atom. The Morgan fingerprint density at radius 3 is 2.94 bits per heavy atom. The van der Waals surface area contributed by atoms with Gasteiger partial charge in [0.2, 0.25) is 0 Å². The zero-order chi connectivity index (χ0) is 11.4. The average molecular weight is 291 g/mol. The molecule has 1 aromatic carbocycles. The summed E-state index contributed by atoms with van der Waals surface area (Å²) in [5, 5.41) is 0. The number of nitrogens with zero attached hydrogens (tertiary/aromatic N) is 1. The molecule has 2 nitrogen and oxygen atoms in total. The Kier molecular flexibility index (Phi) is 2.13. The van der Waals surface area contributed by atoms with Gasteiger partial charge in [-0.2, -0.15) is 0 Å². The molecular weight excluding hydrogens is 276 g/mol. The molecule has 17 heavy (non-hydrogen) atoms. The van der Waals surface area contributed by atoms with Crippen molar-refractivity contribution in [3.8, 4) is 0 Å². The lowest BCUT2D eigenvalue weighted by atomic mass is 9.88. The van der Waals surface area contributed by atoms with E-state index >= 15 is 0 Å². The monoisotopic (exact) mass is 290 g/mol. The summed E-state index contributed by atoms with van der Waals surface area (Å²) >= 11 is 3.51. The van der Waals surface area contributed by atoms with E-state index in [9.17, 15) is 0 Å². The van der Waals surface area contributed by atoms with Crippen molar-refractivity contribution in [3.63, 3.8) is 0 Å². The molecule has 0 spiro atoms. The Hall–Kier alpha value is -0.830. The third-order valence-corrected chi connectivity index (χ3v) is 5.04. The number of imidazole rings is 1. The first kappa shape index (κ1) is 10.1. The zero-order valence-electron chi connectivity index (χ0n) is 9.62. The topological polar surface area (TPSA) is 28.7 Å². The van der Waals surface area contributed by atoms with Gasteiger partial charge in [-0.15, -0.1) is 0 Å². The largest absolute Gasteiger partial charge is 0.342 e. The first-order valence-corrected chi connectivity index (χ1v) is 7.24. The van der Waals surface area contributed by atoms with Gasteiger partial charge < -0.3 is 4.98 Å². The standard InChI is InChI=1S/C14H15BrN2/c15-10-3-4-12-13(7-10)17-14(16-12)11-6-8-1-2-9(11)5-8/h3-4,7-9,11H,1-2,5-6H2,(H,16,17). The number of fused-ring (bicyclic) bond motifs is 3. The molecule has 2 saturated carbocycles. The summed E-state index contributed by atoms with van der Waals surface area (Å²) in [7, 11) is 0. The molecule has 4 rings (SSSR count). The van der Waals surface area contributed by atoms with Gasteiger partial charge in [-0.1, -0.05) is 22.4 Å². The number of nitrogens with one attached hydrogen (secondary N) is 1. The summed E-state index contributed by atoms with van der Waals surface area (Å²) in [5.74, 6) is 3.79. The average Bonchev–Trinajstić information content (AvgIpc) is 3.01. The molecule has 2 aliphatic rings. The van der Waals surface area contributed by atoms with E-state index in [1.54, 1.807) is 0 Å². The summed E-state index contributed by atoms with van der Waals surface area (Å²) in [4.78, 5) is 8.30. The van der Waals surface area contributed by atoms with Crippen molar-refractivity contribution in [3.05, 3.63) is 28.5 Å². The third kappa shape index (κ3) is 1.55. The molecule has 2 bridgehead atoms. The van der Waals surface area contributed by atoms with Crippen molar-refractivity contribution >= 4 is 27.0 Å². The van der Waals surface area contributed by atoms with E-state index in [2.05, 4.69) is 39.1 Å². The lowest BCUT2D eigenvalue weighted by molar-refractivity contribution is 0.408. The SMILES string of the molecule is Brc1ccc2nc(C3CC4CCC3C4)[nH]c2c1. The highest BCUT2D eigenvalue weighted by atomic mass is 79.9. The molecule has 0 radical (unpaired) electrons. The second kappa shape index (κ2) is 3.58. The number of aromatic amines is 1. The van der Waals surface area contributed by atoms with Gasteiger partial charge in [0.15, 0.2) is 0 Å². The molecule has 2 aliphatic carbocycles. The van der Waals surface area contributed by atoms with E-state index < -0.39 is 0 Å². The Bertz CT molecular complexity index is 575. The maximum Gasteiger partial charge on any atom is 0.110 e. The van der Waals surface area contributed by atoms with Crippen LogP contribution in [0.25, 0.3) is 11.0 Å². The fraction of sp³-hybridized carbons (Fsp3) is 0.500. The molecule has 2 aromatic rings. The number of hydrogen-bond donors (Lipinski definition) is 1. The quantitative estimate of drug-likeness (QED) is 0.837. The van der Waals surface area contributed by atoms with E-state index in [4.69, 9.17) is 4.98 Å². The van der Waals surface area contributed by atoms with Crippen molar-refractivity contribution in [1.29, 1.82) is 0 Å². The number of rotatable bonds is 1. The predicted molar refractivity (Wildman–Crippen MR) is 72.0 cm³/mol. The van der Waals surface area contributed by atoms with Crippen molar-refractivity contribution in [2.75, 3.05) is 0 Å². The lowest BCUT2D eigenvalue weighted by Gasteiger charge is -2.18. The van der Waals surface area contributed by atoms with Crippen LogP contribution in [0.1, 0.15) is 37.4 Å². The Labute approximate surface area is 109 Å². The van der Waals surface area contributed by atoms with Crippen LogP contribution >= 0.6 is 15.9 Å². The highest BCUT2D eigenvalue weighted by Gasteiger charge is 2.41. The van der Waals surface area contributed by atoms with E-state index in [-0.39, 0.29) is 0 Å². The highest BCUT2D eigenvalue weighted by Crippen LogP contribution is 2.52. The van der Waals surface area contributed by atoms with Crippen LogP contribution in [0.15, 0.2) is 22.7 Å². The first-order chi connectivity index (χ1) is 8.29. The number of aromatic nitrogens is 2. The predicted octanol–water partition coefficient (Wildman–Crippen LogP) is 4.23. The smallest absolute Gasteiger partial charge is 0.110 e. The van der Waals surface area contributed by atoms with Crippen LogP contribution in [0.5, 0.6) is 0 Å². The fourth-order valence-corrected chi connectivity index (χ4v) is 4.12. The van der Waals surface area contributed by atoms with Crippen molar-refractivity contribution in [2.45, 2.75) is 31.6 Å². The molecule has 1 N–H and O–H groups in total. The number of hydrogen-bond acceptors (Lipinski definition) is 1. The van der Waals surface area contributed by atoms with Crippen LogP contribution < -0.4 is 0 Å². The van der Waals surface area contributed by atoms with E-state index in [0.717, 1.165) is 27.3 Å². The number of H-pyrrole nitrogens is 1. The van der Waals surface area contributed by atoms with Gasteiger partial charge in [-0.05, 0) is 49.3 Å². The normalized spacial score (nSPS) is 31.5. The summed E-state index contributed by atoms with van der Waals surface area (Å²) in [6, 6.07) is 6.28. The van der Waals surface area contributed by atoms with Crippen molar-refractivity contribution in [2.24, 2.45) is 11.8 Å². The van der Waals surface area contributed by atoms with Crippen LogP contribution in [-0.2, 0) is 0 Å². The maximum absolute atomic E-state index is 4.78. The number of benzene rings is 1. The summed E-state index contributed by atoms with van der Waals surface area (Å²) in [6.45, 7) is 0. The molecule has 0 aliphatic heterocycles. The zero-order valence-corrected chi connectivity index (χ0v) is 11.2. The van der Waals surface area contributed by atoms with Crippen LogP contribution in [0.3, 0.4) is 0 Å². The fourth-order valence-electron chi connectivity index (χ4n) is 3.76. The van der Waals surface area contributed by atoms with E-state index in [1.165, 1.54) is 31.5 Å². The molecule has 0 saturated heterocycles. The van der Waals surface area contributed by atoms with Crippen LogP contribution in [0, 0.1) is 11.8 Å². The van der Waals surface area contributed by atoms with Gasteiger partial charge >= 0.3 is 0 Å². The van der Waals surface area contributed by atoms with Gasteiger partial charge in [0.25, 0.3) is 0 Å². The van der Waals surface area contributed by atoms with Crippen molar-refractivity contribution < 1.29 is 0 Å². The summed E-state index contributed by atoms with van der Waals surface area (Å²) in [6.07, 6.45) is 5.65. The maximum atomic E-state index is 4.78. The molecule has 3 heteroatoms. The molecule has 2 fully saturated rings. The van der Waals surface area contributed by atoms with Crippen LogP contribution in [-0.4, -0.2) is 9.97 Å². The molecular formula is C14H15BrN2. The van der Waals surface area contributed by atoms with Crippen LogP contribution in [0.2, 0.25) is 0 Å². The van der Waals surface area contributed by atoms with Gasteiger partial charge in [-0.3, -0.25) is 0 Å². The van der Waals surface area contributed by atoms with Gasteiger partial charge in [-0.25, -0.2) is 4.98 Å². The second-order valence-corrected chi connectivity index (χ2v) is 6.48. The Morgan fingerprint density at radius 1 is 1.24 bits per heavy atom. The second-order valence-electron chi connectivity index (χ2n) is 5.56. The third-order valence-electron chi connectivity index (χ3n) is 4.55. The van der Waals surface area contributed by atoms with Gasteiger partial charge in [0, 0.05) is 10.4 Å². The van der Waals surface area contributed by atoms with E-state index in [0.29, 0.717) is 5.92 Å². The van der Waals surface area contributed by atoms with E-state index in [1.807, 2.05) is 0 Å². The molecule has 1 heterocycles. The summed E-state index contributed by atoms with van der Waals surface area (Å²) < 4.78 is 1.12. The number of halogens is 1. The molecule has 3 atom stereocenters. The molecule has 0 amide bonds. The molecule has 88 valence electrons. The van der Waals surface area contributed by atoms with Crippen molar-refractivity contribution in [1.82, 2.24) is 9.97 Å². The van der Waals surface area contributed by atoms with Gasteiger partial charge in [0.1, 0.15) is 5.82 Å². The molecule has 3 unspecified atom stereocenters. The first-order valence-electron chi connectivity index (χ1n) is 6.45. The minimum atomic E-state index is 0.694. The Balaban J connectivity index is 1.76. The lowest BCUT2D eigenvalue weighted by Crippen LogP contribution is -2.09. The van der Waals surface area contributed by atoms with Crippen LogP contribution in [0.4, 0.5) is 0 Å². The highest BCUT2D eigenvalue weighted by molar-refractivity contribution is 9.10. The minimum Gasteiger partial charge on any atom is -0.342 e. The minimum absolute atomic E-state index is 0.694. The van der Waals surface area contributed by atoms with Gasteiger partial charge in [0.05, 0.1) is 11.0 Å².